The van der Waals surface area contributed by atoms with Crippen LogP contribution in [0.4, 0.5) is 5.69 Å². The fraction of sp³-hybridized carbons (Fsp3) is 0.250. The first-order chi connectivity index (χ1) is 6.77. The van der Waals surface area contributed by atoms with Crippen LogP contribution in [0.2, 0.25) is 0 Å². The molecule has 0 radical (unpaired) electrons. The summed E-state index contributed by atoms with van der Waals surface area (Å²) in [6.45, 7) is 2.11. The van der Waals surface area contributed by atoms with E-state index < -0.39 is 0 Å². The SMILES string of the molecule is CCc1ccc(N)c(C=CCC#N)c1. The number of nitrogens with zero attached hydrogens (tertiary/aromatic N) is 1. The smallest absolute Gasteiger partial charge is 0.0663 e. The lowest BCUT2D eigenvalue weighted by Crippen LogP contribution is -1.91. The van der Waals surface area contributed by atoms with Crippen LogP contribution >= 0.6 is 0 Å². The number of anilines is 1. The van der Waals surface area contributed by atoms with Gasteiger partial charge >= 0.3 is 0 Å². The van der Waals surface area contributed by atoms with Crippen LogP contribution in [0, 0.1) is 11.3 Å². The van der Waals surface area contributed by atoms with Crippen molar-refractivity contribution in [3.8, 4) is 6.07 Å². The Balaban J connectivity index is 2.90. The first kappa shape index (κ1) is 10.3. The minimum absolute atomic E-state index is 0.426. The molecule has 0 heterocycles. The molecule has 0 aromatic heterocycles. The predicted octanol–water partition coefficient (Wildman–Crippen LogP) is 2.76. The summed E-state index contributed by atoms with van der Waals surface area (Å²) >= 11 is 0. The van der Waals surface area contributed by atoms with E-state index >= 15 is 0 Å². The van der Waals surface area contributed by atoms with E-state index in [4.69, 9.17) is 11.0 Å². The van der Waals surface area contributed by atoms with Gasteiger partial charge in [-0.25, -0.2) is 0 Å². The number of benzene rings is 1. The molecule has 72 valence electrons. The normalized spacial score (nSPS) is 10.3. The topological polar surface area (TPSA) is 49.8 Å². The molecule has 2 heteroatoms. The molecular formula is C12H14N2. The van der Waals surface area contributed by atoms with E-state index in [0.29, 0.717) is 6.42 Å². The van der Waals surface area contributed by atoms with Crippen LogP contribution in [0.5, 0.6) is 0 Å². The van der Waals surface area contributed by atoms with Gasteiger partial charge in [0.2, 0.25) is 0 Å². The van der Waals surface area contributed by atoms with Crippen molar-refractivity contribution in [2.75, 3.05) is 5.73 Å². The van der Waals surface area contributed by atoms with Gasteiger partial charge in [-0.1, -0.05) is 25.1 Å². The maximum Gasteiger partial charge on any atom is 0.0663 e. The van der Waals surface area contributed by atoms with Gasteiger partial charge < -0.3 is 5.73 Å². The van der Waals surface area contributed by atoms with Gasteiger partial charge in [0.1, 0.15) is 0 Å². The summed E-state index contributed by atoms with van der Waals surface area (Å²) in [7, 11) is 0. The van der Waals surface area contributed by atoms with Gasteiger partial charge in [-0.2, -0.15) is 5.26 Å². The fourth-order valence-corrected chi connectivity index (χ4v) is 1.23. The van der Waals surface area contributed by atoms with Crippen molar-refractivity contribution in [2.24, 2.45) is 0 Å². The van der Waals surface area contributed by atoms with Crippen LogP contribution in [-0.4, -0.2) is 0 Å². The maximum absolute atomic E-state index is 8.38. The number of aryl methyl sites for hydroxylation is 1. The molecule has 0 saturated heterocycles. The third kappa shape index (κ3) is 2.63. The van der Waals surface area contributed by atoms with Gasteiger partial charge in [-0.15, -0.1) is 0 Å². The Labute approximate surface area is 84.7 Å². The molecule has 0 aliphatic rings. The Hall–Kier alpha value is -1.75. The van der Waals surface area contributed by atoms with Crippen molar-refractivity contribution >= 4 is 11.8 Å². The second-order valence-electron chi connectivity index (χ2n) is 3.08. The first-order valence-corrected chi connectivity index (χ1v) is 4.69. The van der Waals surface area contributed by atoms with Crippen LogP contribution in [0.25, 0.3) is 6.08 Å². The van der Waals surface area contributed by atoms with Crippen molar-refractivity contribution in [3.63, 3.8) is 0 Å². The fourth-order valence-electron chi connectivity index (χ4n) is 1.23. The summed E-state index contributed by atoms with van der Waals surface area (Å²) < 4.78 is 0. The van der Waals surface area contributed by atoms with Gasteiger partial charge in [0.25, 0.3) is 0 Å². The van der Waals surface area contributed by atoms with E-state index in [-0.39, 0.29) is 0 Å². The van der Waals surface area contributed by atoms with Crippen LogP contribution in [0.15, 0.2) is 24.3 Å². The Kier molecular flexibility index (Phi) is 3.75. The number of hydrogen-bond acceptors (Lipinski definition) is 2. The lowest BCUT2D eigenvalue weighted by atomic mass is 10.1. The molecule has 1 aromatic carbocycles. The van der Waals surface area contributed by atoms with Crippen molar-refractivity contribution < 1.29 is 0 Å². The number of allylic oxidation sites excluding steroid dienone is 1. The number of nitrogen functional groups attached to an aromatic ring is 1. The molecule has 2 nitrogen and oxygen atoms in total. The summed E-state index contributed by atoms with van der Waals surface area (Å²) in [6.07, 6.45) is 5.15. The quantitative estimate of drug-likeness (QED) is 0.738. The highest BCUT2D eigenvalue weighted by molar-refractivity contribution is 5.65. The highest BCUT2D eigenvalue weighted by Gasteiger charge is 1.95. The molecule has 2 N–H and O–H groups in total. The zero-order valence-electron chi connectivity index (χ0n) is 8.33. The minimum Gasteiger partial charge on any atom is -0.398 e. The largest absolute Gasteiger partial charge is 0.398 e. The van der Waals surface area contributed by atoms with Gasteiger partial charge in [0.05, 0.1) is 12.5 Å². The van der Waals surface area contributed by atoms with Crippen LogP contribution in [0.3, 0.4) is 0 Å². The minimum atomic E-state index is 0.426. The summed E-state index contributed by atoms with van der Waals surface area (Å²) in [5.74, 6) is 0. The van der Waals surface area contributed by atoms with Crippen molar-refractivity contribution in [1.82, 2.24) is 0 Å². The number of rotatable bonds is 3. The summed E-state index contributed by atoms with van der Waals surface area (Å²) in [4.78, 5) is 0. The molecule has 0 bridgehead atoms. The second-order valence-corrected chi connectivity index (χ2v) is 3.08. The molecular weight excluding hydrogens is 172 g/mol. The molecule has 1 rings (SSSR count). The summed E-state index contributed by atoms with van der Waals surface area (Å²) in [6, 6.07) is 8.05. The number of nitriles is 1. The number of nitrogens with two attached hydrogens (primary N) is 1. The monoisotopic (exact) mass is 186 g/mol. The highest BCUT2D eigenvalue weighted by atomic mass is 14.5. The Morgan fingerprint density at radius 1 is 1.50 bits per heavy atom. The molecule has 0 fully saturated rings. The lowest BCUT2D eigenvalue weighted by Gasteiger charge is -2.02. The Bertz CT molecular complexity index is 372. The molecule has 1 aromatic rings. The molecule has 0 aliphatic carbocycles. The van der Waals surface area contributed by atoms with Crippen molar-refractivity contribution in [1.29, 1.82) is 5.26 Å². The molecule has 0 saturated carbocycles. The van der Waals surface area contributed by atoms with E-state index in [9.17, 15) is 0 Å². The first-order valence-electron chi connectivity index (χ1n) is 4.69. The predicted molar refractivity (Wildman–Crippen MR) is 59.5 cm³/mol. The lowest BCUT2D eigenvalue weighted by molar-refractivity contribution is 1.14. The zero-order chi connectivity index (χ0) is 10.4. The molecule has 0 aliphatic heterocycles. The Morgan fingerprint density at radius 2 is 2.29 bits per heavy atom. The number of hydrogen-bond donors (Lipinski definition) is 1. The standard InChI is InChI=1S/C12H14N2/c1-2-10-6-7-12(14)11(9-10)5-3-4-8-13/h3,5-7,9H,2,4,14H2,1H3. The average Bonchev–Trinajstić information content (AvgIpc) is 2.21. The van der Waals surface area contributed by atoms with Gasteiger partial charge in [0.15, 0.2) is 0 Å². The van der Waals surface area contributed by atoms with E-state index in [2.05, 4.69) is 19.1 Å². The van der Waals surface area contributed by atoms with Gasteiger partial charge in [-0.3, -0.25) is 0 Å². The van der Waals surface area contributed by atoms with Gasteiger partial charge in [0, 0.05) is 5.69 Å². The van der Waals surface area contributed by atoms with E-state index in [0.717, 1.165) is 17.7 Å². The Morgan fingerprint density at radius 3 is 2.93 bits per heavy atom. The van der Waals surface area contributed by atoms with Gasteiger partial charge in [-0.05, 0) is 29.7 Å². The van der Waals surface area contributed by atoms with Crippen LogP contribution < -0.4 is 5.73 Å². The molecule has 0 amide bonds. The summed E-state index contributed by atoms with van der Waals surface area (Å²) in [5, 5.41) is 8.38. The molecule has 0 unspecified atom stereocenters. The van der Waals surface area contributed by atoms with Crippen molar-refractivity contribution in [3.05, 3.63) is 35.4 Å². The third-order valence-corrected chi connectivity index (χ3v) is 2.07. The maximum atomic E-state index is 8.38. The highest BCUT2D eigenvalue weighted by Crippen LogP contribution is 2.16. The molecule has 0 atom stereocenters. The molecule has 0 spiro atoms. The second kappa shape index (κ2) is 5.08. The third-order valence-electron chi connectivity index (χ3n) is 2.07. The van der Waals surface area contributed by atoms with E-state index in [1.165, 1.54) is 5.56 Å². The van der Waals surface area contributed by atoms with E-state index in [1.807, 2.05) is 24.3 Å². The van der Waals surface area contributed by atoms with Crippen molar-refractivity contribution in [2.45, 2.75) is 19.8 Å². The van der Waals surface area contributed by atoms with Crippen LogP contribution in [-0.2, 0) is 6.42 Å². The molecule has 14 heavy (non-hydrogen) atoms. The van der Waals surface area contributed by atoms with Crippen LogP contribution in [0.1, 0.15) is 24.5 Å². The average molecular weight is 186 g/mol. The van der Waals surface area contributed by atoms with E-state index in [1.54, 1.807) is 0 Å². The summed E-state index contributed by atoms with van der Waals surface area (Å²) in [5.41, 5.74) is 8.81. The zero-order valence-corrected chi connectivity index (χ0v) is 8.33.